The van der Waals surface area contributed by atoms with Gasteiger partial charge >= 0.3 is 0 Å². The zero-order valence-corrected chi connectivity index (χ0v) is 15.5. The second-order valence-electron chi connectivity index (χ2n) is 7.29. The largest absolute Gasteiger partial charge is 0.347 e. The van der Waals surface area contributed by atoms with Crippen LogP contribution in [0.2, 0.25) is 0 Å². The average molecular weight is 331 g/mol. The van der Waals surface area contributed by atoms with E-state index in [1.54, 1.807) is 0 Å². The summed E-state index contributed by atoms with van der Waals surface area (Å²) in [6.45, 7) is 6.56. The molecule has 4 rings (SSSR count). The molecule has 0 saturated heterocycles. The van der Waals surface area contributed by atoms with Crippen LogP contribution in [0.1, 0.15) is 34.9 Å². The number of nitrogens with zero attached hydrogens (tertiary/aromatic N) is 3. The number of rotatable bonds is 2. The highest BCUT2D eigenvalue weighted by Gasteiger charge is 2.22. The molecule has 0 radical (unpaired) electrons. The van der Waals surface area contributed by atoms with Crippen molar-refractivity contribution in [1.29, 1.82) is 0 Å². The molecule has 2 aromatic heterocycles. The molecule has 1 aromatic carbocycles. The lowest BCUT2D eigenvalue weighted by atomic mass is 9.99. The summed E-state index contributed by atoms with van der Waals surface area (Å²) >= 11 is 0. The third-order valence-electron chi connectivity index (χ3n) is 5.36. The quantitative estimate of drug-likeness (QED) is 0.692. The molecule has 0 spiro atoms. The lowest BCUT2D eigenvalue weighted by Gasteiger charge is -2.23. The van der Waals surface area contributed by atoms with E-state index in [0.717, 1.165) is 19.5 Å². The Balaban J connectivity index is 1.93. The van der Waals surface area contributed by atoms with Crippen molar-refractivity contribution in [3.63, 3.8) is 0 Å². The highest BCUT2D eigenvalue weighted by atomic mass is 15.1. The lowest BCUT2D eigenvalue weighted by molar-refractivity contribution is 0.310. The second-order valence-corrected chi connectivity index (χ2v) is 7.29. The molecule has 3 heteroatoms. The summed E-state index contributed by atoms with van der Waals surface area (Å²) in [7, 11) is 4.44. The fraction of sp³-hybridized carbons (Fsp3) is 0.318. The van der Waals surface area contributed by atoms with Crippen molar-refractivity contribution in [3.05, 3.63) is 64.6 Å². The van der Waals surface area contributed by atoms with Gasteiger partial charge in [-0.3, -0.25) is 4.98 Å². The van der Waals surface area contributed by atoms with Crippen molar-refractivity contribution >= 4 is 22.6 Å². The van der Waals surface area contributed by atoms with Gasteiger partial charge in [0.1, 0.15) is 0 Å². The Morgan fingerprint density at radius 3 is 2.68 bits per heavy atom. The maximum absolute atomic E-state index is 4.13. The minimum Gasteiger partial charge on any atom is -0.347 e. The highest BCUT2D eigenvalue weighted by Crippen LogP contribution is 2.34. The summed E-state index contributed by atoms with van der Waals surface area (Å²) in [5.74, 6) is 0. The number of hydrogen-bond acceptors (Lipinski definition) is 2. The molecule has 1 aliphatic heterocycles. The number of allylic oxidation sites excluding steroid dienone is 1. The Morgan fingerprint density at radius 1 is 1.16 bits per heavy atom. The second kappa shape index (κ2) is 6.16. The summed E-state index contributed by atoms with van der Waals surface area (Å²) in [6.07, 6.45) is 7.16. The van der Waals surface area contributed by atoms with E-state index in [1.807, 2.05) is 12.4 Å². The molecule has 25 heavy (non-hydrogen) atoms. The zero-order chi connectivity index (χ0) is 17.6. The first kappa shape index (κ1) is 16.1. The highest BCUT2D eigenvalue weighted by molar-refractivity contribution is 5.96. The third kappa shape index (κ3) is 2.79. The number of aromatic nitrogens is 2. The van der Waals surface area contributed by atoms with Gasteiger partial charge in [0.25, 0.3) is 0 Å². The van der Waals surface area contributed by atoms with Crippen molar-refractivity contribution in [2.45, 2.75) is 26.8 Å². The first-order chi connectivity index (χ1) is 12.0. The number of hydrogen-bond donors (Lipinski definition) is 0. The summed E-state index contributed by atoms with van der Waals surface area (Å²) < 4.78 is 2.42. The Labute approximate surface area is 149 Å². The molecule has 0 amide bonds. The van der Waals surface area contributed by atoms with Crippen molar-refractivity contribution in [1.82, 2.24) is 14.5 Å². The predicted molar refractivity (Wildman–Crippen MR) is 105 cm³/mol. The van der Waals surface area contributed by atoms with E-state index in [9.17, 15) is 0 Å². The van der Waals surface area contributed by atoms with Gasteiger partial charge in [0.05, 0.1) is 5.52 Å². The topological polar surface area (TPSA) is 21.1 Å². The average Bonchev–Trinajstić information content (AvgIpc) is 2.87. The van der Waals surface area contributed by atoms with Gasteiger partial charge in [0.15, 0.2) is 0 Å². The van der Waals surface area contributed by atoms with Crippen LogP contribution in [0.3, 0.4) is 0 Å². The van der Waals surface area contributed by atoms with Crippen molar-refractivity contribution in [2.24, 2.45) is 7.05 Å². The van der Waals surface area contributed by atoms with Crippen LogP contribution in [-0.2, 0) is 20.0 Å². The predicted octanol–water partition coefficient (Wildman–Crippen LogP) is 4.43. The van der Waals surface area contributed by atoms with Gasteiger partial charge < -0.3 is 9.47 Å². The minimum atomic E-state index is 1.04. The normalized spacial score (nSPS) is 15.6. The molecular formula is C22H25N3. The number of benzene rings is 1. The number of fused-ring (bicyclic) bond motifs is 3. The molecule has 0 aliphatic carbocycles. The fourth-order valence-corrected chi connectivity index (χ4v) is 4.09. The van der Waals surface area contributed by atoms with Crippen LogP contribution in [0, 0.1) is 6.92 Å². The smallest absolute Gasteiger partial charge is 0.0557 e. The zero-order valence-electron chi connectivity index (χ0n) is 15.5. The van der Waals surface area contributed by atoms with E-state index in [1.165, 1.54) is 44.4 Å². The van der Waals surface area contributed by atoms with E-state index < -0.39 is 0 Å². The van der Waals surface area contributed by atoms with E-state index >= 15 is 0 Å². The van der Waals surface area contributed by atoms with Crippen LogP contribution in [0.25, 0.3) is 22.6 Å². The summed E-state index contributed by atoms with van der Waals surface area (Å²) in [5.41, 5.74) is 9.49. The molecule has 0 fully saturated rings. The monoisotopic (exact) mass is 331 g/mol. The number of aryl methyl sites for hydroxylation is 2. The molecule has 0 unspecified atom stereocenters. The van der Waals surface area contributed by atoms with Gasteiger partial charge in [-0.1, -0.05) is 0 Å². The summed E-state index contributed by atoms with van der Waals surface area (Å²) in [4.78, 5) is 6.55. The van der Waals surface area contributed by atoms with Crippen molar-refractivity contribution < 1.29 is 0 Å². The van der Waals surface area contributed by atoms with Gasteiger partial charge in [-0.05, 0) is 79.1 Å². The number of pyridine rings is 1. The first-order valence-electron chi connectivity index (χ1n) is 8.92. The standard InChI is InChI=1S/C22H25N3/c1-15-11-18(13-16(2)17-5-8-23-9-6-17)22-19(12-15)20-14-24(3)10-7-21(20)25(22)4/h5-6,8-9,11-13H,7,10,14H2,1-4H3/b16-13+. The number of likely N-dealkylation sites (N-methyl/N-ethyl adjacent to an activating group) is 1. The molecule has 3 nitrogen and oxygen atoms in total. The molecule has 0 N–H and O–H groups in total. The van der Waals surface area contributed by atoms with E-state index in [-0.39, 0.29) is 0 Å². The maximum Gasteiger partial charge on any atom is 0.0557 e. The Bertz CT molecular complexity index is 964. The van der Waals surface area contributed by atoms with Crippen LogP contribution in [0.15, 0.2) is 36.7 Å². The third-order valence-corrected chi connectivity index (χ3v) is 5.36. The van der Waals surface area contributed by atoms with E-state index in [4.69, 9.17) is 0 Å². The van der Waals surface area contributed by atoms with E-state index in [0.29, 0.717) is 0 Å². The SMILES string of the molecule is C/C(=C\c1cc(C)cc2c3c(n(C)c12)CCN(C)C3)c1ccncc1. The van der Waals surface area contributed by atoms with Crippen LogP contribution in [0.4, 0.5) is 0 Å². The van der Waals surface area contributed by atoms with Crippen LogP contribution in [0.5, 0.6) is 0 Å². The first-order valence-corrected chi connectivity index (χ1v) is 8.92. The van der Waals surface area contributed by atoms with Gasteiger partial charge in [0, 0.05) is 50.0 Å². The van der Waals surface area contributed by atoms with Crippen LogP contribution in [-0.4, -0.2) is 28.0 Å². The molecule has 0 atom stereocenters. The summed E-state index contributed by atoms with van der Waals surface area (Å²) in [5, 5.41) is 1.41. The molecule has 0 saturated carbocycles. The molecule has 128 valence electrons. The van der Waals surface area contributed by atoms with Crippen molar-refractivity contribution in [2.75, 3.05) is 13.6 Å². The molecule has 0 bridgehead atoms. The Morgan fingerprint density at radius 2 is 1.92 bits per heavy atom. The minimum absolute atomic E-state index is 1.04. The van der Waals surface area contributed by atoms with Gasteiger partial charge in [-0.15, -0.1) is 0 Å². The fourth-order valence-electron chi connectivity index (χ4n) is 4.09. The van der Waals surface area contributed by atoms with Crippen LogP contribution < -0.4 is 0 Å². The van der Waals surface area contributed by atoms with Gasteiger partial charge in [-0.2, -0.15) is 0 Å². The molecule has 3 aromatic rings. The molecule has 3 heterocycles. The Kier molecular flexibility index (Phi) is 3.97. The van der Waals surface area contributed by atoms with E-state index in [2.05, 4.69) is 72.7 Å². The van der Waals surface area contributed by atoms with Gasteiger partial charge in [-0.25, -0.2) is 0 Å². The summed E-state index contributed by atoms with van der Waals surface area (Å²) in [6, 6.07) is 8.81. The molecule has 1 aliphatic rings. The molecular weight excluding hydrogens is 306 g/mol. The maximum atomic E-state index is 4.13. The lowest BCUT2D eigenvalue weighted by Crippen LogP contribution is -2.26. The van der Waals surface area contributed by atoms with Gasteiger partial charge in [0.2, 0.25) is 0 Å². The van der Waals surface area contributed by atoms with Crippen LogP contribution >= 0.6 is 0 Å². The van der Waals surface area contributed by atoms with Crippen molar-refractivity contribution in [3.8, 4) is 0 Å². The Hall–Kier alpha value is -2.39.